The van der Waals surface area contributed by atoms with E-state index < -0.39 is 10.0 Å². The van der Waals surface area contributed by atoms with Crippen LogP contribution in [0.25, 0.3) is 9.88 Å². The predicted octanol–water partition coefficient (Wildman–Crippen LogP) is 2.60. The third kappa shape index (κ3) is 4.74. The van der Waals surface area contributed by atoms with Crippen LogP contribution in [0.2, 0.25) is 0 Å². The van der Waals surface area contributed by atoms with E-state index in [4.69, 9.17) is 0 Å². The zero-order chi connectivity index (χ0) is 20.4. The minimum atomic E-state index is -3.34. The zero-order valence-corrected chi connectivity index (χ0v) is 18.1. The Balaban J connectivity index is 1.36. The summed E-state index contributed by atoms with van der Waals surface area (Å²) in [7, 11) is -3.34. The third-order valence-electron chi connectivity index (χ3n) is 4.42. The molecule has 1 saturated heterocycles. The first-order chi connectivity index (χ1) is 13.9. The molecule has 0 bridgehead atoms. The molecule has 1 aliphatic rings. The average Bonchev–Trinajstić information content (AvgIpc) is 3.39. The maximum Gasteiger partial charge on any atom is 0.253 e. The molecule has 0 aliphatic carbocycles. The van der Waals surface area contributed by atoms with E-state index in [0.29, 0.717) is 37.4 Å². The Bertz CT molecular complexity index is 1090. The van der Waals surface area contributed by atoms with Gasteiger partial charge in [0.2, 0.25) is 15.2 Å². The molecule has 1 fully saturated rings. The van der Waals surface area contributed by atoms with Crippen LogP contribution in [-0.4, -0.2) is 61.9 Å². The molecule has 8 nitrogen and oxygen atoms in total. The number of thiophene rings is 1. The largest absolute Gasteiger partial charge is 0.343 e. The molecule has 152 valence electrons. The highest BCUT2D eigenvalue weighted by molar-refractivity contribution is 7.92. The van der Waals surface area contributed by atoms with Gasteiger partial charge in [0.1, 0.15) is 0 Å². The van der Waals surface area contributed by atoms with Crippen LogP contribution < -0.4 is 9.62 Å². The van der Waals surface area contributed by atoms with Gasteiger partial charge in [-0.25, -0.2) is 8.42 Å². The van der Waals surface area contributed by atoms with Gasteiger partial charge in [0.25, 0.3) is 5.91 Å². The Morgan fingerprint density at radius 3 is 2.41 bits per heavy atom. The molecule has 2 aromatic heterocycles. The molecule has 11 heteroatoms. The van der Waals surface area contributed by atoms with Crippen molar-refractivity contribution in [3.63, 3.8) is 0 Å². The van der Waals surface area contributed by atoms with Crippen molar-refractivity contribution >= 4 is 49.4 Å². The molecule has 1 amide bonds. The number of sulfonamides is 1. The van der Waals surface area contributed by atoms with Crippen molar-refractivity contribution < 1.29 is 13.2 Å². The van der Waals surface area contributed by atoms with Crippen molar-refractivity contribution in [3.8, 4) is 9.88 Å². The number of carbonyl (C=O) groups is 1. The van der Waals surface area contributed by atoms with E-state index in [1.165, 1.54) is 0 Å². The highest BCUT2D eigenvalue weighted by atomic mass is 32.2. The molecule has 0 unspecified atom stereocenters. The van der Waals surface area contributed by atoms with E-state index in [1.54, 1.807) is 51.8 Å². The number of aromatic nitrogens is 2. The quantitative estimate of drug-likeness (QED) is 0.643. The zero-order valence-electron chi connectivity index (χ0n) is 15.6. The number of nitrogens with one attached hydrogen (secondary N) is 1. The second-order valence-corrected chi connectivity index (χ2v) is 10.3. The predicted molar refractivity (Wildman–Crippen MR) is 116 cm³/mol. The van der Waals surface area contributed by atoms with Crippen molar-refractivity contribution in [2.75, 3.05) is 42.1 Å². The number of amides is 1. The molecule has 1 N–H and O–H groups in total. The van der Waals surface area contributed by atoms with E-state index in [0.717, 1.165) is 21.3 Å². The van der Waals surface area contributed by atoms with E-state index in [1.807, 2.05) is 17.5 Å². The van der Waals surface area contributed by atoms with Crippen molar-refractivity contribution in [3.05, 3.63) is 47.3 Å². The lowest BCUT2D eigenvalue weighted by Gasteiger charge is -2.34. The Hall–Kier alpha value is -2.50. The summed E-state index contributed by atoms with van der Waals surface area (Å²) < 4.78 is 25.0. The van der Waals surface area contributed by atoms with Gasteiger partial charge in [0.05, 0.1) is 11.1 Å². The molecular formula is C18H19N5O3S3. The van der Waals surface area contributed by atoms with Gasteiger partial charge in [-0.15, -0.1) is 21.5 Å². The smallest absolute Gasteiger partial charge is 0.253 e. The van der Waals surface area contributed by atoms with Crippen molar-refractivity contribution in [1.29, 1.82) is 0 Å². The highest BCUT2D eigenvalue weighted by Gasteiger charge is 2.24. The first-order valence-electron chi connectivity index (χ1n) is 8.88. The number of benzene rings is 1. The third-order valence-corrected chi connectivity index (χ3v) is 7.05. The number of rotatable bonds is 5. The first kappa shape index (κ1) is 19.8. The summed E-state index contributed by atoms with van der Waals surface area (Å²) in [5.74, 6) is -0.0629. The second-order valence-electron chi connectivity index (χ2n) is 6.60. The van der Waals surface area contributed by atoms with Gasteiger partial charge in [-0.3, -0.25) is 9.52 Å². The van der Waals surface area contributed by atoms with Gasteiger partial charge < -0.3 is 9.80 Å². The fourth-order valence-corrected chi connectivity index (χ4v) is 5.27. The minimum absolute atomic E-state index is 0.0629. The maximum atomic E-state index is 12.7. The topological polar surface area (TPSA) is 95.5 Å². The number of anilines is 2. The van der Waals surface area contributed by atoms with Crippen molar-refractivity contribution in [2.24, 2.45) is 0 Å². The summed E-state index contributed by atoms with van der Waals surface area (Å²) in [4.78, 5) is 17.8. The van der Waals surface area contributed by atoms with Crippen LogP contribution in [-0.2, 0) is 10.0 Å². The Morgan fingerprint density at radius 2 is 1.79 bits per heavy atom. The second kappa shape index (κ2) is 8.09. The molecule has 0 spiro atoms. The fraction of sp³-hybridized carbons (Fsp3) is 0.278. The van der Waals surface area contributed by atoms with Crippen molar-refractivity contribution in [2.45, 2.75) is 0 Å². The number of carbonyl (C=O) groups excluding carboxylic acids is 1. The maximum absolute atomic E-state index is 12.7. The van der Waals surface area contributed by atoms with Gasteiger partial charge in [-0.1, -0.05) is 17.4 Å². The molecule has 4 rings (SSSR count). The summed E-state index contributed by atoms with van der Waals surface area (Å²) in [5, 5.41) is 12.4. The van der Waals surface area contributed by atoms with Crippen LogP contribution in [0, 0.1) is 0 Å². The van der Waals surface area contributed by atoms with E-state index in [-0.39, 0.29) is 5.91 Å². The SMILES string of the molecule is CS(=O)(=O)Nc1ccc(C(=O)N2CCN(c3nnc(-c4cccs4)s3)CC2)cc1. The number of hydrogen-bond acceptors (Lipinski definition) is 8. The normalized spacial score (nSPS) is 14.8. The number of nitrogens with zero attached hydrogens (tertiary/aromatic N) is 4. The standard InChI is InChI=1S/C18H19N5O3S3/c1-29(25,26)21-14-6-4-13(5-7-14)17(24)22-8-10-23(11-9-22)18-20-19-16(28-18)15-3-2-12-27-15/h2-7,12,21H,8-11H2,1H3. The molecule has 3 aromatic rings. The Labute approximate surface area is 176 Å². The average molecular weight is 450 g/mol. The number of hydrogen-bond donors (Lipinski definition) is 1. The van der Waals surface area contributed by atoms with Gasteiger partial charge in [-0.2, -0.15) is 0 Å². The molecule has 0 radical (unpaired) electrons. The Morgan fingerprint density at radius 1 is 1.07 bits per heavy atom. The van der Waals surface area contributed by atoms with E-state index in [9.17, 15) is 13.2 Å². The lowest BCUT2D eigenvalue weighted by Crippen LogP contribution is -2.48. The van der Waals surface area contributed by atoms with Crippen LogP contribution in [0.5, 0.6) is 0 Å². The molecule has 1 aromatic carbocycles. The monoisotopic (exact) mass is 449 g/mol. The molecular weight excluding hydrogens is 430 g/mol. The minimum Gasteiger partial charge on any atom is -0.343 e. The molecule has 1 aliphatic heterocycles. The summed E-state index contributed by atoms with van der Waals surface area (Å²) in [5.41, 5.74) is 0.972. The lowest BCUT2D eigenvalue weighted by atomic mass is 10.1. The summed E-state index contributed by atoms with van der Waals surface area (Å²) in [6.45, 7) is 2.57. The van der Waals surface area contributed by atoms with Crippen LogP contribution in [0.1, 0.15) is 10.4 Å². The summed E-state index contributed by atoms with van der Waals surface area (Å²) in [6.07, 6.45) is 1.09. The summed E-state index contributed by atoms with van der Waals surface area (Å²) >= 11 is 3.20. The molecule has 29 heavy (non-hydrogen) atoms. The van der Waals surface area contributed by atoms with Crippen molar-refractivity contribution in [1.82, 2.24) is 15.1 Å². The van der Waals surface area contributed by atoms with Crippen LogP contribution in [0.15, 0.2) is 41.8 Å². The first-order valence-corrected chi connectivity index (χ1v) is 12.5. The van der Waals surface area contributed by atoms with Gasteiger partial charge in [0, 0.05) is 37.4 Å². The van der Waals surface area contributed by atoms with Gasteiger partial charge in [-0.05, 0) is 35.7 Å². The van der Waals surface area contributed by atoms with Crippen LogP contribution in [0.4, 0.5) is 10.8 Å². The van der Waals surface area contributed by atoms with E-state index in [2.05, 4.69) is 19.8 Å². The molecule has 0 atom stereocenters. The summed E-state index contributed by atoms with van der Waals surface area (Å²) in [6, 6.07) is 10.5. The molecule has 3 heterocycles. The highest BCUT2D eigenvalue weighted by Crippen LogP contribution is 2.31. The van der Waals surface area contributed by atoms with Crippen LogP contribution in [0.3, 0.4) is 0 Å². The number of piperazine rings is 1. The van der Waals surface area contributed by atoms with Gasteiger partial charge in [0.15, 0.2) is 5.01 Å². The Kier molecular flexibility index (Phi) is 5.52. The van der Waals surface area contributed by atoms with Gasteiger partial charge >= 0.3 is 0 Å². The van der Waals surface area contributed by atoms with E-state index >= 15 is 0 Å². The molecule has 0 saturated carbocycles. The fourth-order valence-electron chi connectivity index (χ4n) is 3.02. The van der Waals surface area contributed by atoms with Crippen LogP contribution >= 0.6 is 22.7 Å². The lowest BCUT2D eigenvalue weighted by molar-refractivity contribution is 0.0747.